The smallest absolute Gasteiger partial charge is 0.408 e. The Kier molecular flexibility index (Phi) is 13.6. The number of carbonyl (C=O) groups is 4. The molecule has 0 spiro atoms. The highest BCUT2D eigenvalue weighted by Gasteiger charge is 2.52. The van der Waals surface area contributed by atoms with E-state index in [1.54, 1.807) is 45.9 Å². The number of unbranched alkanes of at least 4 members (excludes halogenated alkanes) is 3. The van der Waals surface area contributed by atoms with E-state index in [2.05, 4.69) is 15.0 Å². The number of rotatable bonds is 18. The number of fused-ring (bicyclic) bond motifs is 1. The highest BCUT2D eigenvalue weighted by Crippen LogP contribution is 2.44. The Bertz CT molecular complexity index is 1980. The number of nitrogens with two attached hydrogens (primary N) is 1. The summed E-state index contributed by atoms with van der Waals surface area (Å²) in [5.74, 6) is -0.957. The first kappa shape index (κ1) is 43.8. The summed E-state index contributed by atoms with van der Waals surface area (Å²) in [7, 11) is -2.17. The van der Waals surface area contributed by atoms with Crippen LogP contribution in [0.15, 0.2) is 30.4 Å². The zero-order valence-electron chi connectivity index (χ0n) is 33.8. The van der Waals surface area contributed by atoms with Gasteiger partial charge < -0.3 is 34.9 Å². The van der Waals surface area contributed by atoms with Crippen molar-refractivity contribution in [1.82, 2.24) is 19.9 Å². The molecule has 15 nitrogen and oxygen atoms in total. The van der Waals surface area contributed by atoms with Gasteiger partial charge in [-0.15, -0.1) is 0 Å². The first-order valence-corrected chi connectivity index (χ1v) is 21.4. The van der Waals surface area contributed by atoms with Crippen molar-refractivity contribution in [3.63, 3.8) is 0 Å². The number of benzene rings is 1. The topological polar surface area (TPSA) is 206 Å². The van der Waals surface area contributed by atoms with Gasteiger partial charge >= 0.3 is 6.09 Å². The van der Waals surface area contributed by atoms with E-state index in [-0.39, 0.29) is 43.2 Å². The van der Waals surface area contributed by atoms with Crippen molar-refractivity contribution < 1.29 is 46.5 Å². The van der Waals surface area contributed by atoms with Crippen molar-refractivity contribution in [3.8, 4) is 17.4 Å². The molecule has 3 fully saturated rings. The van der Waals surface area contributed by atoms with Crippen LogP contribution in [0, 0.1) is 11.8 Å². The predicted molar refractivity (Wildman–Crippen MR) is 214 cm³/mol. The van der Waals surface area contributed by atoms with E-state index in [0.29, 0.717) is 53.1 Å². The van der Waals surface area contributed by atoms with Crippen molar-refractivity contribution in [2.24, 2.45) is 17.6 Å². The summed E-state index contributed by atoms with van der Waals surface area (Å²) >= 11 is 6.40. The number of hydrogen-bond donors (Lipinski definition) is 3. The van der Waals surface area contributed by atoms with Gasteiger partial charge in [-0.2, -0.15) is 0 Å². The minimum absolute atomic E-state index is 0.00716. The number of amides is 4. The molecule has 4 amide bonds. The van der Waals surface area contributed by atoms with Gasteiger partial charge in [0.25, 0.3) is 0 Å². The molecule has 0 radical (unpaired) electrons. The number of hydrogen-bond acceptors (Lipinski definition) is 11. The standard InChI is InChI=1S/C40H56ClN5O10S/c1-23(2)54-32-21-31(26-15-16-28(41)34(53-7)33(26)44-32)55-25-20-30(35(42)47)46(22-25)37(49)29(43-38(50)56-39(3,4)5)14-12-10-8-9-11-13-24-19-27(24)36(48)45-57(51,52)40(6)17-18-40/h11,13,15-16,21,23-25,27,29-30H,8-10,12,14,17-20,22H2,1-7H3,(H2,42,47)(H,43,50)(H,45,48). The van der Waals surface area contributed by atoms with Gasteiger partial charge in [0.1, 0.15) is 35.1 Å². The van der Waals surface area contributed by atoms with E-state index >= 15 is 0 Å². The molecule has 2 saturated carbocycles. The van der Waals surface area contributed by atoms with Crippen molar-refractivity contribution in [1.29, 1.82) is 0 Å². The molecule has 5 rings (SSSR count). The van der Waals surface area contributed by atoms with E-state index in [9.17, 15) is 27.6 Å². The van der Waals surface area contributed by atoms with Gasteiger partial charge in [0.15, 0.2) is 5.75 Å². The minimum atomic E-state index is -3.65. The lowest BCUT2D eigenvalue weighted by atomic mass is 10.0. The number of aromatic nitrogens is 1. The molecule has 2 heterocycles. The number of primary amides is 1. The number of likely N-dealkylation sites (tertiary alicyclic amines) is 1. The number of allylic oxidation sites excluding steroid dienone is 2. The fourth-order valence-corrected chi connectivity index (χ4v) is 8.36. The third-order valence-corrected chi connectivity index (χ3v) is 12.8. The molecule has 4 N–H and O–H groups in total. The van der Waals surface area contributed by atoms with Crippen molar-refractivity contribution in [2.45, 2.75) is 134 Å². The molecule has 5 atom stereocenters. The molecule has 17 heteroatoms. The van der Waals surface area contributed by atoms with Crippen LogP contribution in [0.3, 0.4) is 0 Å². The van der Waals surface area contributed by atoms with Gasteiger partial charge in [0.05, 0.1) is 29.5 Å². The average molecular weight is 834 g/mol. The lowest BCUT2D eigenvalue weighted by Crippen LogP contribution is -2.53. The SMILES string of the molecule is COc1c(Cl)ccc2c(OC3CC(C(N)=O)N(C(=O)C(CCCCCC=CC4CC4C(=O)NS(=O)(=O)C4(C)CC4)NC(=O)OC(C)(C)C)C3)cc(OC(C)C)nc12. The molecule has 1 aromatic carbocycles. The maximum absolute atomic E-state index is 14.2. The van der Waals surface area contributed by atoms with Gasteiger partial charge in [-0.05, 0) is 98.1 Å². The van der Waals surface area contributed by atoms with Gasteiger partial charge in [-0.3, -0.25) is 19.1 Å². The van der Waals surface area contributed by atoms with Crippen LogP contribution in [0.5, 0.6) is 17.4 Å². The molecule has 1 aliphatic heterocycles. The Balaban J connectivity index is 1.21. The largest absolute Gasteiger partial charge is 0.493 e. The number of nitrogens with one attached hydrogen (secondary N) is 2. The zero-order valence-corrected chi connectivity index (χ0v) is 35.3. The molecule has 2 aliphatic carbocycles. The Hall–Kier alpha value is -4.31. The summed E-state index contributed by atoms with van der Waals surface area (Å²) < 4.78 is 49.6. The van der Waals surface area contributed by atoms with Crippen LogP contribution in [0.25, 0.3) is 10.9 Å². The maximum Gasteiger partial charge on any atom is 0.408 e. The fraction of sp³-hybridized carbons (Fsp3) is 0.625. The van der Waals surface area contributed by atoms with E-state index in [1.165, 1.54) is 12.0 Å². The lowest BCUT2D eigenvalue weighted by molar-refractivity contribution is -0.139. The Morgan fingerprint density at radius 2 is 1.84 bits per heavy atom. The molecule has 0 bridgehead atoms. The summed E-state index contributed by atoms with van der Waals surface area (Å²) in [6, 6.07) is 3.05. The summed E-state index contributed by atoms with van der Waals surface area (Å²) in [6.45, 7) is 10.6. The van der Waals surface area contributed by atoms with E-state index in [0.717, 1.165) is 19.3 Å². The normalized spacial score (nSPS) is 21.9. The Labute approximate surface area is 339 Å². The van der Waals surface area contributed by atoms with Crippen molar-refractivity contribution in [3.05, 3.63) is 35.4 Å². The van der Waals surface area contributed by atoms with Crippen LogP contribution in [0.1, 0.15) is 99.3 Å². The molecule has 3 aliphatic rings. The van der Waals surface area contributed by atoms with Crippen LogP contribution in [0.4, 0.5) is 4.79 Å². The number of alkyl carbamates (subject to hydrolysis) is 1. The summed E-state index contributed by atoms with van der Waals surface area (Å²) in [6.07, 6.45) is 7.27. The van der Waals surface area contributed by atoms with Crippen LogP contribution >= 0.6 is 11.6 Å². The summed E-state index contributed by atoms with van der Waals surface area (Å²) in [4.78, 5) is 58.4. The molecule has 314 valence electrons. The number of carbonyl (C=O) groups excluding carboxylic acids is 4. The highest BCUT2D eigenvalue weighted by atomic mass is 35.5. The maximum atomic E-state index is 14.2. The van der Waals surface area contributed by atoms with Crippen LogP contribution in [-0.4, -0.2) is 90.4 Å². The number of ether oxygens (including phenoxy) is 4. The highest BCUT2D eigenvalue weighted by molar-refractivity contribution is 7.91. The summed E-state index contributed by atoms with van der Waals surface area (Å²) in [5.41, 5.74) is 5.45. The van der Waals surface area contributed by atoms with E-state index < -0.39 is 62.4 Å². The van der Waals surface area contributed by atoms with E-state index in [1.807, 2.05) is 26.0 Å². The van der Waals surface area contributed by atoms with Crippen molar-refractivity contribution >= 4 is 56.3 Å². The zero-order chi connectivity index (χ0) is 41.9. The lowest BCUT2D eigenvalue weighted by Gasteiger charge is -2.28. The second-order valence-corrected chi connectivity index (χ2v) is 19.3. The van der Waals surface area contributed by atoms with Gasteiger partial charge in [-0.1, -0.05) is 36.6 Å². The average Bonchev–Trinajstić information content (AvgIpc) is 4.02. The number of pyridine rings is 1. The summed E-state index contributed by atoms with van der Waals surface area (Å²) in [5, 5.41) is 3.66. The Morgan fingerprint density at radius 1 is 1.12 bits per heavy atom. The second-order valence-electron chi connectivity index (χ2n) is 16.7. The van der Waals surface area contributed by atoms with E-state index in [4.69, 9.17) is 36.3 Å². The third-order valence-electron chi connectivity index (χ3n) is 10.3. The predicted octanol–water partition coefficient (Wildman–Crippen LogP) is 5.55. The molecule has 2 aromatic rings. The van der Waals surface area contributed by atoms with Gasteiger partial charge in [0.2, 0.25) is 33.6 Å². The molecule has 5 unspecified atom stereocenters. The molecular weight excluding hydrogens is 778 g/mol. The molecule has 1 saturated heterocycles. The number of sulfonamides is 1. The number of methoxy groups -OCH3 is 1. The first-order chi connectivity index (χ1) is 26.7. The monoisotopic (exact) mass is 833 g/mol. The number of halogens is 1. The molecular formula is C40H56ClN5O10S. The first-order valence-electron chi connectivity index (χ1n) is 19.5. The van der Waals surface area contributed by atoms with Crippen LogP contribution in [0.2, 0.25) is 5.02 Å². The molecule has 1 aromatic heterocycles. The minimum Gasteiger partial charge on any atom is -0.493 e. The second kappa shape index (κ2) is 17.7. The van der Waals surface area contributed by atoms with Gasteiger partial charge in [0, 0.05) is 23.8 Å². The van der Waals surface area contributed by atoms with Crippen LogP contribution in [-0.2, 0) is 29.1 Å². The quantitative estimate of drug-likeness (QED) is 0.125. The van der Waals surface area contributed by atoms with Gasteiger partial charge in [-0.25, -0.2) is 18.2 Å². The third kappa shape index (κ3) is 11.2. The fourth-order valence-electron chi connectivity index (χ4n) is 6.83. The van der Waals surface area contributed by atoms with Crippen molar-refractivity contribution in [2.75, 3.05) is 13.7 Å². The Morgan fingerprint density at radius 3 is 2.47 bits per heavy atom. The van der Waals surface area contributed by atoms with Crippen LogP contribution < -0.4 is 30.0 Å². The number of nitrogens with zero attached hydrogens (tertiary/aromatic N) is 2. The molecule has 57 heavy (non-hydrogen) atoms.